The highest BCUT2D eigenvalue weighted by Crippen LogP contribution is 2.46. The van der Waals surface area contributed by atoms with Gasteiger partial charge in [0, 0.05) is 11.3 Å². The monoisotopic (exact) mass is 715 g/mol. The van der Waals surface area contributed by atoms with Gasteiger partial charge in [-0.05, 0) is 76.3 Å². The lowest BCUT2D eigenvalue weighted by molar-refractivity contribution is -0.132. The minimum Gasteiger partial charge on any atom is -0.507 e. The van der Waals surface area contributed by atoms with E-state index in [1.807, 2.05) is 49.4 Å². The van der Waals surface area contributed by atoms with Crippen LogP contribution in [0.5, 0.6) is 17.2 Å². The zero-order valence-corrected chi connectivity index (χ0v) is 29.7. The van der Waals surface area contributed by atoms with Crippen LogP contribution in [0, 0.1) is 6.92 Å². The number of aryl methyl sites for hydroxylation is 1. The van der Waals surface area contributed by atoms with Crippen molar-refractivity contribution in [2.75, 3.05) is 19.1 Å². The van der Waals surface area contributed by atoms with Gasteiger partial charge in [-0.3, -0.25) is 14.5 Å². The highest BCUT2D eigenvalue weighted by Gasteiger charge is 2.48. The number of benzene rings is 5. The number of aromatic nitrogens is 2. The average molecular weight is 716 g/mol. The smallest absolute Gasteiger partial charge is 0.301 e. The molecule has 11 heteroatoms. The van der Waals surface area contributed by atoms with Crippen molar-refractivity contribution >= 4 is 56.5 Å². The number of hydrogen-bond donors (Lipinski definition) is 1. The summed E-state index contributed by atoms with van der Waals surface area (Å²) < 4.78 is 17.6. The lowest BCUT2D eigenvalue weighted by Crippen LogP contribution is -2.29. The highest BCUT2D eigenvalue weighted by molar-refractivity contribution is 8.00. The Bertz CT molecular complexity index is 2280. The molecule has 1 aromatic heterocycles. The zero-order chi connectivity index (χ0) is 35.5. The van der Waals surface area contributed by atoms with Crippen LogP contribution in [-0.2, 0) is 21.9 Å². The number of carbonyl (C=O) groups is 2. The molecule has 256 valence electrons. The third-order valence-corrected chi connectivity index (χ3v) is 10.9. The summed E-state index contributed by atoms with van der Waals surface area (Å²) in [6.45, 7) is 2.41. The molecule has 1 unspecified atom stereocenters. The SMILES string of the molecule is COc1ccc(C2C(=C(O)c3ccc(OCc4ccccc4C)cc3)C(=O)C(=O)N2c2nnc(SCc3cccc4ccccc34)s2)cc1OC. The molecule has 1 N–H and O–H groups in total. The van der Waals surface area contributed by atoms with E-state index in [1.165, 1.54) is 42.2 Å². The van der Waals surface area contributed by atoms with Gasteiger partial charge < -0.3 is 19.3 Å². The molecule has 1 atom stereocenters. The van der Waals surface area contributed by atoms with Crippen molar-refractivity contribution in [2.24, 2.45) is 0 Å². The van der Waals surface area contributed by atoms with E-state index < -0.39 is 17.7 Å². The van der Waals surface area contributed by atoms with Crippen molar-refractivity contribution in [3.63, 3.8) is 0 Å². The van der Waals surface area contributed by atoms with Gasteiger partial charge in [-0.25, -0.2) is 0 Å². The Balaban J connectivity index is 1.21. The van der Waals surface area contributed by atoms with Gasteiger partial charge in [-0.2, -0.15) is 0 Å². The van der Waals surface area contributed by atoms with Gasteiger partial charge in [0.2, 0.25) is 5.13 Å². The molecule has 1 amide bonds. The minimum atomic E-state index is -1.02. The summed E-state index contributed by atoms with van der Waals surface area (Å²) in [5, 5.41) is 23.0. The van der Waals surface area contributed by atoms with Gasteiger partial charge in [0.1, 0.15) is 18.1 Å². The fraction of sp³-hybridized carbons (Fsp3) is 0.150. The molecule has 9 nitrogen and oxygen atoms in total. The van der Waals surface area contributed by atoms with Gasteiger partial charge >= 0.3 is 5.91 Å². The Labute approximate surface area is 303 Å². The molecule has 2 heterocycles. The number of anilines is 1. The molecule has 5 aromatic carbocycles. The summed E-state index contributed by atoms with van der Waals surface area (Å²) in [4.78, 5) is 29.0. The van der Waals surface area contributed by atoms with Gasteiger partial charge in [-0.1, -0.05) is 95.9 Å². The molecule has 0 spiro atoms. The molecule has 1 saturated heterocycles. The van der Waals surface area contributed by atoms with Crippen LogP contribution < -0.4 is 19.1 Å². The summed E-state index contributed by atoms with van der Waals surface area (Å²) >= 11 is 2.71. The number of rotatable bonds is 11. The minimum absolute atomic E-state index is 0.0824. The van der Waals surface area contributed by atoms with Gasteiger partial charge in [0.05, 0.1) is 25.8 Å². The molecule has 1 aliphatic heterocycles. The summed E-state index contributed by atoms with van der Waals surface area (Å²) in [6, 6.07) is 33.2. The zero-order valence-electron chi connectivity index (χ0n) is 28.0. The fourth-order valence-electron chi connectivity index (χ4n) is 6.08. The van der Waals surface area contributed by atoms with Crippen LogP contribution in [0.2, 0.25) is 0 Å². The quantitative estimate of drug-likeness (QED) is 0.0464. The first kappa shape index (κ1) is 33.8. The molecular formula is C40H33N3O6S2. The number of methoxy groups -OCH3 is 2. The summed E-state index contributed by atoms with van der Waals surface area (Å²) in [7, 11) is 3.03. The van der Waals surface area contributed by atoms with E-state index >= 15 is 0 Å². The third kappa shape index (κ3) is 6.78. The number of carbonyl (C=O) groups excluding carboxylic acids is 2. The lowest BCUT2D eigenvalue weighted by Gasteiger charge is -2.23. The number of nitrogens with zero attached hydrogens (tertiary/aromatic N) is 3. The van der Waals surface area contributed by atoms with Crippen molar-refractivity contribution < 1.29 is 28.9 Å². The number of ether oxygens (including phenoxy) is 3. The maximum Gasteiger partial charge on any atom is 0.301 e. The lowest BCUT2D eigenvalue weighted by atomic mass is 9.95. The largest absolute Gasteiger partial charge is 0.507 e. The number of amides is 1. The summed E-state index contributed by atoms with van der Waals surface area (Å²) in [5.41, 5.74) is 4.12. The molecule has 6 aromatic rings. The van der Waals surface area contributed by atoms with E-state index in [9.17, 15) is 14.7 Å². The number of Topliss-reactive ketones (excluding diaryl/α,β-unsaturated/α-hetero) is 1. The second-order valence-corrected chi connectivity index (χ2v) is 14.0. The number of thioether (sulfide) groups is 1. The number of aliphatic hydroxyl groups excluding tert-OH is 1. The maximum atomic E-state index is 13.8. The van der Waals surface area contributed by atoms with Crippen LogP contribution >= 0.6 is 23.1 Å². The first-order chi connectivity index (χ1) is 24.9. The summed E-state index contributed by atoms with van der Waals surface area (Å²) in [5.74, 6) is 0.120. The Hall–Kier alpha value is -5.65. The average Bonchev–Trinajstić information content (AvgIpc) is 3.74. The van der Waals surface area contributed by atoms with E-state index in [-0.39, 0.29) is 16.5 Å². The number of ketones is 1. The van der Waals surface area contributed by atoms with Crippen LogP contribution in [0.3, 0.4) is 0 Å². The van der Waals surface area contributed by atoms with Crippen molar-refractivity contribution in [3.05, 3.63) is 143 Å². The second kappa shape index (κ2) is 14.7. The molecular weight excluding hydrogens is 683 g/mol. The number of aliphatic hydroxyl groups is 1. The Kier molecular flexibility index (Phi) is 9.74. The predicted octanol–water partition coefficient (Wildman–Crippen LogP) is 8.51. The Morgan fingerprint density at radius 2 is 1.57 bits per heavy atom. The molecule has 51 heavy (non-hydrogen) atoms. The van der Waals surface area contributed by atoms with E-state index in [4.69, 9.17) is 14.2 Å². The van der Waals surface area contributed by atoms with E-state index in [0.717, 1.165) is 27.5 Å². The molecule has 1 aliphatic rings. The summed E-state index contributed by atoms with van der Waals surface area (Å²) in [6.07, 6.45) is 0. The topological polar surface area (TPSA) is 111 Å². The highest BCUT2D eigenvalue weighted by atomic mass is 32.2. The van der Waals surface area contributed by atoms with Crippen molar-refractivity contribution in [2.45, 2.75) is 29.7 Å². The fourth-order valence-corrected chi connectivity index (χ4v) is 7.95. The van der Waals surface area contributed by atoms with Gasteiger partial charge in [0.15, 0.2) is 15.8 Å². The van der Waals surface area contributed by atoms with Crippen LogP contribution in [0.15, 0.2) is 119 Å². The normalized spacial score (nSPS) is 15.4. The van der Waals surface area contributed by atoms with E-state index in [1.54, 1.807) is 42.5 Å². The van der Waals surface area contributed by atoms with Crippen LogP contribution in [0.25, 0.3) is 16.5 Å². The van der Waals surface area contributed by atoms with Gasteiger partial charge in [-0.15, -0.1) is 10.2 Å². The second-order valence-electron chi connectivity index (χ2n) is 11.8. The number of fused-ring (bicyclic) bond motifs is 1. The maximum absolute atomic E-state index is 13.8. The van der Waals surface area contributed by atoms with Crippen LogP contribution in [0.1, 0.15) is 33.9 Å². The van der Waals surface area contributed by atoms with E-state index in [2.05, 4.69) is 34.5 Å². The molecule has 1 fully saturated rings. The van der Waals surface area contributed by atoms with E-state index in [0.29, 0.717) is 45.1 Å². The van der Waals surface area contributed by atoms with Crippen molar-refractivity contribution in [1.82, 2.24) is 10.2 Å². The third-order valence-electron chi connectivity index (χ3n) is 8.78. The van der Waals surface area contributed by atoms with Crippen molar-refractivity contribution in [3.8, 4) is 17.2 Å². The molecule has 0 aliphatic carbocycles. The first-order valence-corrected chi connectivity index (χ1v) is 17.9. The molecule has 7 rings (SSSR count). The Morgan fingerprint density at radius 1 is 0.843 bits per heavy atom. The first-order valence-electron chi connectivity index (χ1n) is 16.1. The Morgan fingerprint density at radius 3 is 2.35 bits per heavy atom. The molecule has 0 bridgehead atoms. The molecule has 0 saturated carbocycles. The predicted molar refractivity (Wildman–Crippen MR) is 200 cm³/mol. The van der Waals surface area contributed by atoms with Crippen LogP contribution in [0.4, 0.5) is 5.13 Å². The van der Waals surface area contributed by atoms with Crippen molar-refractivity contribution in [1.29, 1.82) is 0 Å². The number of hydrogen-bond acceptors (Lipinski definition) is 10. The van der Waals surface area contributed by atoms with Crippen LogP contribution in [-0.4, -0.2) is 41.2 Å². The molecule has 0 radical (unpaired) electrons. The standard InChI is InChI=1S/C40H33N3O6S2/c1-24-9-4-5-11-28(24)22-49-30-18-15-26(16-19-30)36(44)34-35(27-17-20-32(47-2)33(21-27)48-3)43(38(46)37(34)45)39-41-42-40(51-39)50-23-29-13-8-12-25-10-6-7-14-31(25)29/h4-21,35,44H,22-23H2,1-3H3. The van der Waals surface area contributed by atoms with Gasteiger partial charge in [0.25, 0.3) is 5.78 Å².